The van der Waals surface area contributed by atoms with E-state index in [2.05, 4.69) is 37.6 Å². The minimum Gasteiger partial charge on any atom is -0.352 e. The number of nitrogens with one attached hydrogen (secondary N) is 2. The molecule has 1 aliphatic rings. The molecule has 0 radical (unpaired) electrons. The first-order valence-electron chi connectivity index (χ1n) is 9.30. The Morgan fingerprint density at radius 1 is 1.23 bits per heavy atom. The summed E-state index contributed by atoms with van der Waals surface area (Å²) in [6, 6.07) is 15.4. The van der Waals surface area contributed by atoms with E-state index in [9.17, 15) is 9.18 Å². The van der Waals surface area contributed by atoms with E-state index in [4.69, 9.17) is 12.2 Å². The minimum atomic E-state index is -0.341. The molecular weight excluding hydrogens is 487 g/mol. The van der Waals surface area contributed by atoms with Gasteiger partial charge in [0.2, 0.25) is 5.91 Å². The zero-order valence-electron chi connectivity index (χ0n) is 15.7. The molecule has 3 aromatic rings. The molecule has 0 aliphatic carbocycles. The molecule has 9 heteroatoms. The Kier molecular flexibility index (Phi) is 6.40. The number of benzene rings is 1. The lowest BCUT2D eigenvalue weighted by Gasteiger charge is -2.26. The third-order valence-electron chi connectivity index (χ3n) is 4.79. The van der Waals surface area contributed by atoms with Gasteiger partial charge in [-0.15, -0.1) is 11.3 Å². The summed E-state index contributed by atoms with van der Waals surface area (Å²) in [5, 5.41) is 6.76. The lowest BCUT2D eigenvalue weighted by Crippen LogP contribution is -2.32. The number of thiophene rings is 1. The molecule has 1 aliphatic heterocycles. The molecule has 0 spiro atoms. The number of nitrogens with zero attached hydrogens (tertiary/aromatic N) is 2. The largest absolute Gasteiger partial charge is 0.352 e. The molecule has 1 saturated heterocycles. The Morgan fingerprint density at radius 2 is 2.03 bits per heavy atom. The van der Waals surface area contributed by atoms with Gasteiger partial charge < -0.3 is 15.5 Å². The lowest BCUT2D eigenvalue weighted by molar-refractivity contribution is -0.116. The highest BCUT2D eigenvalue weighted by molar-refractivity contribution is 9.11. The average molecular weight is 505 g/mol. The van der Waals surface area contributed by atoms with E-state index in [-0.39, 0.29) is 30.2 Å². The first-order chi connectivity index (χ1) is 14.5. The van der Waals surface area contributed by atoms with Crippen molar-refractivity contribution in [1.82, 2.24) is 15.2 Å². The highest BCUT2D eigenvalue weighted by atomic mass is 79.9. The van der Waals surface area contributed by atoms with E-state index < -0.39 is 0 Å². The fraction of sp³-hybridized carbons (Fsp3) is 0.190. The molecule has 0 bridgehead atoms. The van der Waals surface area contributed by atoms with E-state index in [1.54, 1.807) is 29.7 Å². The molecule has 1 aromatic carbocycles. The highest BCUT2D eigenvalue weighted by Crippen LogP contribution is 2.42. The number of thiocarbonyl (C=S) groups is 1. The number of pyridine rings is 1. The zero-order chi connectivity index (χ0) is 21.1. The molecule has 3 heterocycles. The van der Waals surface area contributed by atoms with Gasteiger partial charge in [-0.1, -0.05) is 6.07 Å². The smallest absolute Gasteiger partial charge is 0.226 e. The third kappa shape index (κ3) is 4.69. The molecule has 0 unspecified atom stereocenters. The summed E-state index contributed by atoms with van der Waals surface area (Å²) in [6.45, 7) is 0.447. The van der Waals surface area contributed by atoms with Gasteiger partial charge in [0.05, 0.1) is 21.6 Å². The van der Waals surface area contributed by atoms with Crippen molar-refractivity contribution in [2.24, 2.45) is 0 Å². The van der Waals surface area contributed by atoms with Crippen LogP contribution < -0.4 is 10.6 Å². The van der Waals surface area contributed by atoms with Crippen molar-refractivity contribution in [3.8, 4) is 0 Å². The van der Waals surface area contributed by atoms with Gasteiger partial charge in [0.1, 0.15) is 5.82 Å². The first kappa shape index (κ1) is 20.9. The van der Waals surface area contributed by atoms with Crippen LogP contribution >= 0.6 is 39.5 Å². The second-order valence-corrected chi connectivity index (χ2v) is 9.65. The number of carbonyl (C=O) groups excluding carboxylic acids is 1. The third-order valence-corrected chi connectivity index (χ3v) is 6.84. The van der Waals surface area contributed by atoms with Gasteiger partial charge in [0.15, 0.2) is 5.11 Å². The molecule has 154 valence electrons. The molecule has 2 N–H and O–H groups in total. The van der Waals surface area contributed by atoms with Gasteiger partial charge >= 0.3 is 0 Å². The fourth-order valence-electron chi connectivity index (χ4n) is 3.42. The SMILES string of the molecule is O=C(CCN1C(=S)N[C@H](c2ccccn2)[C@H]1c1ccc(Br)s1)Nc1ccc(F)cc1. The maximum absolute atomic E-state index is 13.1. The second-order valence-electron chi connectivity index (χ2n) is 6.77. The average Bonchev–Trinajstić information content (AvgIpc) is 3.31. The van der Waals surface area contributed by atoms with Crippen molar-refractivity contribution in [3.63, 3.8) is 0 Å². The van der Waals surface area contributed by atoms with E-state index in [0.29, 0.717) is 17.3 Å². The van der Waals surface area contributed by atoms with Crippen molar-refractivity contribution in [3.05, 3.63) is 81.0 Å². The van der Waals surface area contributed by atoms with E-state index in [1.807, 2.05) is 29.2 Å². The Morgan fingerprint density at radius 3 is 2.70 bits per heavy atom. The van der Waals surface area contributed by atoms with Crippen molar-refractivity contribution in [1.29, 1.82) is 0 Å². The predicted molar refractivity (Wildman–Crippen MR) is 124 cm³/mol. The molecule has 30 heavy (non-hydrogen) atoms. The topological polar surface area (TPSA) is 57.3 Å². The normalized spacial score (nSPS) is 18.3. The molecule has 2 atom stereocenters. The number of hydrogen-bond donors (Lipinski definition) is 2. The van der Waals surface area contributed by atoms with Crippen LogP contribution in [-0.2, 0) is 4.79 Å². The summed E-state index contributed by atoms with van der Waals surface area (Å²) in [6.07, 6.45) is 2.01. The van der Waals surface area contributed by atoms with Gasteiger partial charge in [0.25, 0.3) is 0 Å². The molecule has 2 aromatic heterocycles. The fourth-order valence-corrected chi connectivity index (χ4v) is 5.33. The van der Waals surface area contributed by atoms with Gasteiger partial charge in [-0.25, -0.2) is 4.39 Å². The Hall–Kier alpha value is -2.36. The monoisotopic (exact) mass is 504 g/mol. The maximum atomic E-state index is 13.1. The lowest BCUT2D eigenvalue weighted by atomic mass is 10.0. The summed E-state index contributed by atoms with van der Waals surface area (Å²) in [5.74, 6) is -0.496. The van der Waals surface area contributed by atoms with Crippen LogP contribution in [0.25, 0.3) is 0 Å². The quantitative estimate of drug-likeness (QED) is 0.460. The number of aromatic nitrogens is 1. The van der Waals surface area contributed by atoms with Crippen molar-refractivity contribution >= 4 is 56.2 Å². The predicted octanol–water partition coefficient (Wildman–Crippen LogP) is 5.05. The Balaban J connectivity index is 1.51. The standard InChI is InChI=1S/C21H18BrFN4OS2/c22-17-9-8-16(30-17)20-19(15-3-1-2-11-24-15)26-21(29)27(20)12-10-18(28)25-14-6-4-13(23)5-7-14/h1-9,11,19-20H,10,12H2,(H,25,28)(H,26,29)/t19-,20-/m1/s1. The Bertz CT molecular complexity index is 1040. The molecule has 1 amide bonds. The summed E-state index contributed by atoms with van der Waals surface area (Å²) < 4.78 is 14.1. The summed E-state index contributed by atoms with van der Waals surface area (Å²) in [7, 11) is 0. The van der Waals surface area contributed by atoms with Crippen LogP contribution in [0.5, 0.6) is 0 Å². The van der Waals surface area contributed by atoms with Crippen LogP contribution in [0, 0.1) is 5.82 Å². The summed E-state index contributed by atoms with van der Waals surface area (Å²) in [4.78, 5) is 20.1. The number of carbonyl (C=O) groups is 1. The number of hydrogen-bond acceptors (Lipinski definition) is 4. The zero-order valence-corrected chi connectivity index (χ0v) is 18.9. The van der Waals surface area contributed by atoms with Crippen molar-refractivity contribution in [2.75, 3.05) is 11.9 Å². The van der Waals surface area contributed by atoms with E-state index in [1.165, 1.54) is 12.1 Å². The van der Waals surface area contributed by atoms with Crippen molar-refractivity contribution in [2.45, 2.75) is 18.5 Å². The number of amides is 1. The van der Waals surface area contributed by atoms with Crippen LogP contribution in [-0.4, -0.2) is 27.4 Å². The van der Waals surface area contributed by atoms with Crippen LogP contribution in [0.1, 0.15) is 29.1 Å². The van der Waals surface area contributed by atoms with E-state index >= 15 is 0 Å². The summed E-state index contributed by atoms with van der Waals surface area (Å²) >= 11 is 10.8. The van der Waals surface area contributed by atoms with Crippen LogP contribution in [0.3, 0.4) is 0 Å². The van der Waals surface area contributed by atoms with Gasteiger partial charge in [-0.05, 0) is 76.7 Å². The molecule has 4 rings (SSSR count). The van der Waals surface area contributed by atoms with Crippen LogP contribution in [0.15, 0.2) is 64.6 Å². The number of anilines is 1. The van der Waals surface area contributed by atoms with E-state index in [0.717, 1.165) is 14.4 Å². The van der Waals surface area contributed by atoms with Crippen molar-refractivity contribution < 1.29 is 9.18 Å². The second kappa shape index (κ2) is 9.20. The highest BCUT2D eigenvalue weighted by Gasteiger charge is 2.40. The first-order valence-corrected chi connectivity index (χ1v) is 11.3. The molecule has 0 saturated carbocycles. The number of halogens is 2. The van der Waals surface area contributed by atoms with Gasteiger partial charge in [0, 0.05) is 29.7 Å². The molecular formula is C21H18BrFN4OS2. The summed E-state index contributed by atoms with van der Waals surface area (Å²) in [5.41, 5.74) is 1.46. The number of rotatable bonds is 6. The maximum Gasteiger partial charge on any atom is 0.226 e. The van der Waals surface area contributed by atoms with Crippen LogP contribution in [0.4, 0.5) is 10.1 Å². The molecule has 1 fully saturated rings. The minimum absolute atomic E-state index is 0.0673. The van der Waals surface area contributed by atoms with Gasteiger partial charge in [-0.3, -0.25) is 9.78 Å². The molecule has 5 nitrogen and oxygen atoms in total. The van der Waals surface area contributed by atoms with Crippen LogP contribution in [0.2, 0.25) is 0 Å². The van der Waals surface area contributed by atoms with Gasteiger partial charge in [-0.2, -0.15) is 0 Å². The Labute approximate surface area is 191 Å².